The van der Waals surface area contributed by atoms with Crippen LogP contribution in [-0.2, 0) is 19.6 Å². The summed E-state index contributed by atoms with van der Waals surface area (Å²) in [5, 5.41) is 0.427. The maximum atomic E-state index is 12.5. The first kappa shape index (κ1) is 20.7. The fourth-order valence-electron chi connectivity index (χ4n) is 2.82. The molecule has 0 saturated heterocycles. The molecule has 1 atom stereocenters. The van der Waals surface area contributed by atoms with E-state index in [1.165, 1.54) is 6.07 Å². The highest BCUT2D eigenvalue weighted by atomic mass is 32.2. The predicted molar refractivity (Wildman–Crippen MR) is 108 cm³/mol. The number of carbonyl (C=O) groups excluding carboxylic acids is 1. The van der Waals surface area contributed by atoms with Crippen LogP contribution in [0, 0.1) is 13.8 Å². The molecule has 0 aliphatic rings. The van der Waals surface area contributed by atoms with Crippen LogP contribution in [0.15, 0.2) is 52.2 Å². The van der Waals surface area contributed by atoms with E-state index in [-0.39, 0.29) is 16.3 Å². The van der Waals surface area contributed by atoms with Crippen molar-refractivity contribution in [3.8, 4) is 0 Å². The molecule has 0 amide bonds. The normalized spacial score (nSPS) is 12.7. The fraction of sp³-hybridized carbons (Fsp3) is 0.250. The van der Waals surface area contributed by atoms with Gasteiger partial charge in [-0.3, -0.25) is 9.59 Å². The van der Waals surface area contributed by atoms with Crippen LogP contribution in [-0.4, -0.2) is 30.9 Å². The van der Waals surface area contributed by atoms with E-state index in [1.807, 2.05) is 6.07 Å². The van der Waals surface area contributed by atoms with Crippen molar-refractivity contribution in [3.05, 3.63) is 69.8 Å². The molecule has 1 aromatic heterocycles. The lowest BCUT2D eigenvalue weighted by Crippen LogP contribution is -2.32. The van der Waals surface area contributed by atoms with Crippen LogP contribution in [0.2, 0.25) is 0 Å². The van der Waals surface area contributed by atoms with Crippen LogP contribution in [0.3, 0.4) is 0 Å². The van der Waals surface area contributed by atoms with Gasteiger partial charge in [-0.25, -0.2) is 13.4 Å². The first-order chi connectivity index (χ1) is 13.7. The van der Waals surface area contributed by atoms with E-state index in [0.29, 0.717) is 16.5 Å². The third-order valence-corrected chi connectivity index (χ3v) is 5.91. The average Bonchev–Trinajstić information content (AvgIpc) is 2.68. The first-order valence-electron chi connectivity index (χ1n) is 8.93. The summed E-state index contributed by atoms with van der Waals surface area (Å²) in [6.07, 6.45) is -0.856. The second-order valence-corrected chi connectivity index (χ2v) is 8.43. The molecule has 1 heterocycles. The van der Waals surface area contributed by atoms with Crippen molar-refractivity contribution < 1.29 is 17.9 Å². The highest BCUT2D eigenvalue weighted by Gasteiger charge is 2.20. The van der Waals surface area contributed by atoms with E-state index < -0.39 is 28.6 Å². The molecular formula is C20H21N3O5S. The number of ether oxygens (including phenoxy) is 1. The number of fused-ring (bicyclic) bond motifs is 1. The first-order valence-corrected chi connectivity index (χ1v) is 10.4. The molecule has 0 saturated carbocycles. The van der Waals surface area contributed by atoms with Crippen molar-refractivity contribution >= 4 is 26.9 Å². The van der Waals surface area contributed by atoms with Crippen molar-refractivity contribution in [2.24, 2.45) is 0 Å². The minimum atomic E-state index is -3.87. The molecule has 3 rings (SSSR count). The minimum Gasteiger partial charge on any atom is -0.454 e. The van der Waals surface area contributed by atoms with Gasteiger partial charge in [-0.2, -0.15) is 4.72 Å². The number of esters is 1. The van der Waals surface area contributed by atoms with Gasteiger partial charge in [-0.05, 0) is 50.1 Å². The second-order valence-electron chi connectivity index (χ2n) is 6.69. The van der Waals surface area contributed by atoms with Crippen molar-refractivity contribution in [2.45, 2.75) is 31.8 Å². The van der Waals surface area contributed by atoms with E-state index in [0.717, 1.165) is 5.56 Å². The summed E-state index contributed by atoms with van der Waals surface area (Å²) < 4.78 is 32.4. The Labute approximate surface area is 168 Å². The zero-order valence-electron chi connectivity index (χ0n) is 16.2. The highest BCUT2D eigenvalue weighted by molar-refractivity contribution is 7.89. The van der Waals surface area contributed by atoms with Gasteiger partial charge in [0.15, 0.2) is 11.9 Å². The number of nitrogens with zero attached hydrogens (tertiary/aromatic N) is 1. The maximum Gasteiger partial charge on any atom is 0.321 e. The lowest BCUT2D eigenvalue weighted by molar-refractivity contribution is -0.147. The molecule has 2 N–H and O–H groups in total. The Morgan fingerprint density at radius 2 is 1.93 bits per heavy atom. The molecule has 0 fully saturated rings. The molecular weight excluding hydrogens is 394 g/mol. The van der Waals surface area contributed by atoms with E-state index in [4.69, 9.17) is 4.74 Å². The average molecular weight is 415 g/mol. The SMILES string of the molecule is Cc1ccc(C)c(S(=O)(=O)NCC(=O)O[C@@H](C)c2nc3ccccc3c(=O)[nH]2)c1. The van der Waals surface area contributed by atoms with Crippen LogP contribution in [0.25, 0.3) is 10.9 Å². The summed E-state index contributed by atoms with van der Waals surface area (Å²) in [5.41, 5.74) is 1.50. The number of rotatable bonds is 6. The zero-order chi connectivity index (χ0) is 21.2. The highest BCUT2D eigenvalue weighted by Crippen LogP contribution is 2.17. The topological polar surface area (TPSA) is 118 Å². The van der Waals surface area contributed by atoms with Crippen molar-refractivity contribution in [3.63, 3.8) is 0 Å². The number of hydrogen-bond donors (Lipinski definition) is 2. The number of aromatic amines is 1. The number of nitrogens with one attached hydrogen (secondary N) is 2. The molecule has 0 aliphatic carbocycles. The Morgan fingerprint density at radius 3 is 2.69 bits per heavy atom. The van der Waals surface area contributed by atoms with Gasteiger partial charge < -0.3 is 9.72 Å². The van der Waals surface area contributed by atoms with Crippen LogP contribution in [0.4, 0.5) is 0 Å². The van der Waals surface area contributed by atoms with E-state index in [9.17, 15) is 18.0 Å². The third-order valence-electron chi connectivity index (χ3n) is 4.36. The Hall–Kier alpha value is -3.04. The number of aryl methyl sites for hydroxylation is 2. The molecule has 3 aromatic rings. The van der Waals surface area contributed by atoms with Crippen molar-refractivity contribution in [1.29, 1.82) is 0 Å². The molecule has 29 heavy (non-hydrogen) atoms. The van der Waals surface area contributed by atoms with Gasteiger partial charge in [-0.15, -0.1) is 0 Å². The molecule has 152 valence electrons. The maximum absolute atomic E-state index is 12.5. The van der Waals surface area contributed by atoms with Crippen LogP contribution in [0.1, 0.15) is 30.0 Å². The molecule has 2 aromatic carbocycles. The molecule has 0 aliphatic heterocycles. The number of para-hydroxylation sites is 1. The van der Waals surface area contributed by atoms with Gasteiger partial charge in [0, 0.05) is 0 Å². The van der Waals surface area contributed by atoms with Gasteiger partial charge in [0.2, 0.25) is 10.0 Å². The quantitative estimate of drug-likeness (QED) is 0.596. The van der Waals surface area contributed by atoms with Gasteiger partial charge in [0.1, 0.15) is 6.54 Å². The van der Waals surface area contributed by atoms with Gasteiger partial charge in [0.05, 0.1) is 15.8 Å². The van der Waals surface area contributed by atoms with Crippen molar-refractivity contribution in [1.82, 2.24) is 14.7 Å². The fourth-order valence-corrected chi connectivity index (χ4v) is 4.12. The largest absolute Gasteiger partial charge is 0.454 e. The van der Waals surface area contributed by atoms with Gasteiger partial charge in [-0.1, -0.05) is 24.3 Å². The molecule has 0 spiro atoms. The summed E-state index contributed by atoms with van der Waals surface area (Å²) >= 11 is 0. The monoisotopic (exact) mass is 415 g/mol. The predicted octanol–water partition coefficient (Wildman–Crippen LogP) is 2.12. The van der Waals surface area contributed by atoms with Crippen LogP contribution < -0.4 is 10.3 Å². The number of aromatic nitrogens is 2. The zero-order valence-corrected chi connectivity index (χ0v) is 17.0. The van der Waals surface area contributed by atoms with E-state index in [2.05, 4.69) is 14.7 Å². The Bertz CT molecular complexity index is 1230. The lowest BCUT2D eigenvalue weighted by atomic mass is 10.2. The molecule has 8 nitrogen and oxygen atoms in total. The summed E-state index contributed by atoms with van der Waals surface area (Å²) in [5.74, 6) is -0.610. The summed E-state index contributed by atoms with van der Waals surface area (Å²) in [4.78, 5) is 31.3. The number of hydrogen-bond acceptors (Lipinski definition) is 6. The standard InChI is InChI=1S/C20H21N3O5S/c1-12-8-9-13(2)17(10-12)29(26,27)21-11-18(24)28-14(3)19-22-16-7-5-4-6-15(16)20(25)23-19/h4-10,14,21H,11H2,1-3H3,(H,22,23,25)/t14-/m0/s1. The molecule has 0 bridgehead atoms. The Morgan fingerprint density at radius 1 is 1.21 bits per heavy atom. The third kappa shape index (κ3) is 4.69. The minimum absolute atomic E-state index is 0.110. The van der Waals surface area contributed by atoms with E-state index in [1.54, 1.807) is 51.1 Å². The summed E-state index contributed by atoms with van der Waals surface area (Å²) in [7, 11) is -3.87. The van der Waals surface area contributed by atoms with Gasteiger partial charge >= 0.3 is 5.97 Å². The smallest absolute Gasteiger partial charge is 0.321 e. The van der Waals surface area contributed by atoms with E-state index >= 15 is 0 Å². The second kappa shape index (κ2) is 8.14. The number of H-pyrrole nitrogens is 1. The Kier molecular flexibility index (Phi) is 5.81. The lowest BCUT2D eigenvalue weighted by Gasteiger charge is -2.14. The van der Waals surface area contributed by atoms with Crippen LogP contribution in [0.5, 0.6) is 0 Å². The summed E-state index contributed by atoms with van der Waals surface area (Å²) in [6, 6.07) is 11.8. The number of sulfonamides is 1. The molecule has 0 unspecified atom stereocenters. The number of carbonyl (C=O) groups is 1. The molecule has 9 heteroatoms. The Balaban J connectivity index is 1.69. The van der Waals surface area contributed by atoms with Crippen molar-refractivity contribution in [2.75, 3.05) is 6.54 Å². The molecule has 0 radical (unpaired) electrons. The van der Waals surface area contributed by atoms with Gasteiger partial charge in [0.25, 0.3) is 5.56 Å². The van der Waals surface area contributed by atoms with Crippen LogP contribution >= 0.6 is 0 Å². The summed E-state index contributed by atoms with van der Waals surface area (Å²) in [6.45, 7) is 4.46. The number of benzene rings is 2.